The number of amides is 1. The molecule has 4 heterocycles. The van der Waals surface area contributed by atoms with Gasteiger partial charge in [-0.1, -0.05) is 12.1 Å². The van der Waals surface area contributed by atoms with Crippen molar-refractivity contribution in [3.05, 3.63) is 57.5 Å². The lowest BCUT2D eigenvalue weighted by Gasteiger charge is -2.31. The number of benzene rings is 1. The Bertz CT molecular complexity index is 1030. The van der Waals surface area contributed by atoms with Gasteiger partial charge in [0, 0.05) is 26.2 Å². The maximum Gasteiger partial charge on any atom is 0.290 e. The summed E-state index contributed by atoms with van der Waals surface area (Å²) >= 11 is 1.28. The summed E-state index contributed by atoms with van der Waals surface area (Å²) in [6.45, 7) is 4.03. The number of ketones is 1. The highest BCUT2D eigenvalue weighted by Crippen LogP contribution is 2.42. The van der Waals surface area contributed by atoms with Gasteiger partial charge in [-0.15, -0.1) is 11.3 Å². The number of thiophene rings is 1. The quantitative estimate of drug-likeness (QED) is 0.687. The van der Waals surface area contributed by atoms with Crippen LogP contribution in [0.2, 0.25) is 0 Å². The number of hydrogen-bond acceptors (Lipinski definition) is 8. The Labute approximate surface area is 183 Å². The van der Waals surface area contributed by atoms with E-state index in [0.29, 0.717) is 48.2 Å². The summed E-state index contributed by atoms with van der Waals surface area (Å²) in [7, 11) is 0. The van der Waals surface area contributed by atoms with Crippen LogP contribution >= 0.6 is 11.3 Å². The van der Waals surface area contributed by atoms with Crippen molar-refractivity contribution in [2.75, 3.05) is 46.2 Å². The molecule has 0 spiro atoms. The molecule has 1 amide bonds. The van der Waals surface area contributed by atoms with E-state index in [1.165, 1.54) is 11.3 Å². The summed E-state index contributed by atoms with van der Waals surface area (Å²) in [5.41, 5.74) is 0.803. The first kappa shape index (κ1) is 20.0. The molecule has 0 aliphatic carbocycles. The molecule has 162 valence electrons. The van der Waals surface area contributed by atoms with Gasteiger partial charge in [0.15, 0.2) is 17.3 Å². The van der Waals surface area contributed by atoms with Crippen molar-refractivity contribution in [3.63, 3.8) is 0 Å². The summed E-state index contributed by atoms with van der Waals surface area (Å²) in [5, 5.41) is 12.5. The summed E-state index contributed by atoms with van der Waals surface area (Å²) in [6.07, 6.45) is 0. The molecule has 3 aliphatic heterocycles. The van der Waals surface area contributed by atoms with E-state index in [4.69, 9.17) is 14.2 Å². The van der Waals surface area contributed by atoms with Crippen molar-refractivity contribution in [1.82, 2.24) is 9.80 Å². The number of ether oxygens (including phenoxy) is 3. The molecular weight excluding hydrogens is 420 g/mol. The number of rotatable bonds is 6. The molecule has 1 unspecified atom stereocenters. The third-order valence-electron chi connectivity index (χ3n) is 5.77. The molecule has 1 N–H and O–H groups in total. The summed E-state index contributed by atoms with van der Waals surface area (Å²) in [5.74, 6) is -0.170. The Morgan fingerprint density at radius 2 is 1.94 bits per heavy atom. The van der Waals surface area contributed by atoms with Crippen LogP contribution in [0.15, 0.2) is 47.0 Å². The first-order valence-corrected chi connectivity index (χ1v) is 11.0. The van der Waals surface area contributed by atoms with E-state index >= 15 is 0 Å². The predicted octanol–water partition coefficient (Wildman–Crippen LogP) is 2.39. The van der Waals surface area contributed by atoms with Gasteiger partial charge in [-0.2, -0.15) is 0 Å². The molecule has 31 heavy (non-hydrogen) atoms. The molecule has 9 heteroatoms. The Hall–Kier alpha value is -2.88. The fourth-order valence-corrected chi connectivity index (χ4v) is 4.84. The lowest BCUT2D eigenvalue weighted by atomic mass is 9.95. The van der Waals surface area contributed by atoms with Gasteiger partial charge in [0.1, 0.15) is 0 Å². The Kier molecular flexibility index (Phi) is 5.39. The van der Waals surface area contributed by atoms with Gasteiger partial charge in [0.2, 0.25) is 12.6 Å². The van der Waals surface area contributed by atoms with E-state index in [2.05, 4.69) is 4.90 Å². The normalized spacial score (nSPS) is 21.2. The number of morpholine rings is 1. The highest BCUT2D eigenvalue weighted by Gasteiger charge is 2.44. The Balaban J connectivity index is 1.49. The zero-order chi connectivity index (χ0) is 21.4. The largest absolute Gasteiger partial charge is 0.503 e. The van der Waals surface area contributed by atoms with Gasteiger partial charge in [-0.05, 0) is 29.1 Å². The predicted molar refractivity (Wildman–Crippen MR) is 113 cm³/mol. The fraction of sp³-hybridized carbons (Fsp3) is 0.364. The van der Waals surface area contributed by atoms with Crippen molar-refractivity contribution >= 4 is 23.0 Å². The second-order valence-corrected chi connectivity index (χ2v) is 8.48. The number of carbonyl (C=O) groups excluding carboxylic acids is 2. The molecular formula is C22H22N2O6S. The molecule has 0 saturated carbocycles. The SMILES string of the molecule is O=C(C1=C(O)C(=O)N(CCN2CCOCC2)C1c1ccc2c(c1)OCO2)c1cccs1. The highest BCUT2D eigenvalue weighted by atomic mass is 32.1. The van der Waals surface area contributed by atoms with E-state index < -0.39 is 17.7 Å². The van der Waals surface area contributed by atoms with Crippen LogP contribution in [0.1, 0.15) is 21.3 Å². The summed E-state index contributed by atoms with van der Waals surface area (Å²) in [6, 6.07) is 8.14. The van der Waals surface area contributed by atoms with Crippen molar-refractivity contribution < 1.29 is 28.9 Å². The second kappa shape index (κ2) is 8.33. The molecule has 1 saturated heterocycles. The molecule has 1 atom stereocenters. The van der Waals surface area contributed by atoms with Crippen LogP contribution in [0.4, 0.5) is 0 Å². The van der Waals surface area contributed by atoms with Gasteiger partial charge in [-0.3, -0.25) is 14.5 Å². The number of hydrogen-bond donors (Lipinski definition) is 1. The lowest BCUT2D eigenvalue weighted by molar-refractivity contribution is -0.129. The third kappa shape index (κ3) is 3.69. The number of aliphatic hydroxyl groups excluding tert-OH is 1. The number of carbonyl (C=O) groups is 2. The van der Waals surface area contributed by atoms with Crippen LogP contribution in [0.3, 0.4) is 0 Å². The van der Waals surface area contributed by atoms with Gasteiger partial charge in [0.25, 0.3) is 5.91 Å². The van der Waals surface area contributed by atoms with Crippen LogP contribution in [0, 0.1) is 0 Å². The monoisotopic (exact) mass is 442 g/mol. The smallest absolute Gasteiger partial charge is 0.290 e. The van der Waals surface area contributed by atoms with E-state index in [1.807, 2.05) is 6.07 Å². The second-order valence-electron chi connectivity index (χ2n) is 7.54. The molecule has 2 aromatic rings. The van der Waals surface area contributed by atoms with Crippen LogP contribution in [-0.2, 0) is 9.53 Å². The zero-order valence-corrected chi connectivity index (χ0v) is 17.6. The van der Waals surface area contributed by atoms with E-state index in [-0.39, 0.29) is 18.1 Å². The van der Waals surface area contributed by atoms with Crippen molar-refractivity contribution in [2.45, 2.75) is 6.04 Å². The minimum atomic E-state index is -0.697. The minimum absolute atomic E-state index is 0.105. The maximum atomic E-state index is 13.3. The summed E-state index contributed by atoms with van der Waals surface area (Å²) in [4.78, 5) is 30.6. The average Bonchev–Trinajstić information content (AvgIpc) is 3.53. The van der Waals surface area contributed by atoms with E-state index in [9.17, 15) is 14.7 Å². The molecule has 1 aromatic heterocycles. The fourth-order valence-electron chi connectivity index (χ4n) is 4.16. The van der Waals surface area contributed by atoms with Crippen LogP contribution in [-0.4, -0.2) is 72.8 Å². The molecule has 3 aliphatic rings. The molecule has 0 bridgehead atoms. The minimum Gasteiger partial charge on any atom is -0.503 e. The number of Topliss-reactive ketones (excluding diaryl/α,β-unsaturated/α-hetero) is 1. The molecule has 1 fully saturated rings. The van der Waals surface area contributed by atoms with Crippen LogP contribution < -0.4 is 9.47 Å². The molecule has 1 aromatic carbocycles. The average molecular weight is 442 g/mol. The first-order valence-electron chi connectivity index (χ1n) is 10.2. The van der Waals surface area contributed by atoms with Gasteiger partial charge in [-0.25, -0.2) is 0 Å². The Morgan fingerprint density at radius 3 is 2.71 bits per heavy atom. The molecule has 0 radical (unpaired) electrons. The van der Waals surface area contributed by atoms with Gasteiger partial charge >= 0.3 is 0 Å². The van der Waals surface area contributed by atoms with Crippen molar-refractivity contribution in [1.29, 1.82) is 0 Å². The Morgan fingerprint density at radius 1 is 1.13 bits per heavy atom. The number of fused-ring (bicyclic) bond motifs is 1. The van der Waals surface area contributed by atoms with E-state index in [0.717, 1.165) is 13.1 Å². The van der Waals surface area contributed by atoms with Gasteiger partial charge in [0.05, 0.1) is 29.7 Å². The number of aliphatic hydroxyl groups is 1. The number of nitrogens with zero attached hydrogens (tertiary/aromatic N) is 2. The highest BCUT2D eigenvalue weighted by molar-refractivity contribution is 7.12. The zero-order valence-electron chi connectivity index (χ0n) is 16.8. The van der Waals surface area contributed by atoms with Gasteiger partial charge < -0.3 is 24.2 Å². The third-order valence-corrected chi connectivity index (χ3v) is 6.64. The molecule has 8 nitrogen and oxygen atoms in total. The van der Waals surface area contributed by atoms with Crippen molar-refractivity contribution in [2.24, 2.45) is 0 Å². The summed E-state index contributed by atoms with van der Waals surface area (Å²) < 4.78 is 16.3. The van der Waals surface area contributed by atoms with Crippen molar-refractivity contribution in [3.8, 4) is 11.5 Å². The standard InChI is InChI=1S/C22H22N2O6S/c25-20(17-2-1-11-31-17)18-19(14-3-4-15-16(12-14)30-13-29-15)24(22(27)21(18)26)6-5-23-7-9-28-10-8-23/h1-4,11-12,19,26H,5-10,13H2. The topological polar surface area (TPSA) is 88.5 Å². The van der Waals surface area contributed by atoms with E-state index in [1.54, 1.807) is 34.5 Å². The van der Waals surface area contributed by atoms with Crippen LogP contribution in [0.25, 0.3) is 0 Å². The van der Waals surface area contributed by atoms with Crippen LogP contribution in [0.5, 0.6) is 11.5 Å². The maximum absolute atomic E-state index is 13.3. The lowest BCUT2D eigenvalue weighted by Crippen LogP contribution is -2.43. The first-order chi connectivity index (χ1) is 15.1. The molecule has 5 rings (SSSR count).